The zero-order valence-corrected chi connectivity index (χ0v) is 16.3. The van der Waals surface area contributed by atoms with Crippen molar-refractivity contribution in [3.05, 3.63) is 35.4 Å². The van der Waals surface area contributed by atoms with Crippen LogP contribution in [0.5, 0.6) is 0 Å². The van der Waals surface area contributed by atoms with Crippen LogP contribution in [0.25, 0.3) is 0 Å². The molecule has 2 saturated carbocycles. The minimum atomic E-state index is -0.282. The van der Waals surface area contributed by atoms with E-state index in [0.29, 0.717) is 5.56 Å². The molecule has 0 atom stereocenters. The first-order chi connectivity index (χ1) is 12.1. The Morgan fingerprint density at radius 3 is 2.24 bits per heavy atom. The fraction of sp³-hybridized carbons (Fsp3) is 0.696. The highest BCUT2D eigenvalue weighted by atomic mass is 16.6. The molecule has 0 aliphatic heterocycles. The van der Waals surface area contributed by atoms with Crippen molar-refractivity contribution in [2.75, 3.05) is 0 Å². The summed E-state index contributed by atoms with van der Waals surface area (Å²) in [5.41, 5.74) is 1.97. The van der Waals surface area contributed by atoms with E-state index >= 15 is 0 Å². The number of benzene rings is 1. The molecule has 2 bridgehead atoms. The van der Waals surface area contributed by atoms with E-state index in [1.54, 1.807) is 0 Å². The summed E-state index contributed by atoms with van der Waals surface area (Å²) in [7, 11) is 0. The van der Waals surface area contributed by atoms with Crippen molar-refractivity contribution < 1.29 is 9.53 Å². The third-order valence-corrected chi connectivity index (χ3v) is 7.15. The Labute approximate surface area is 153 Å². The largest absolute Gasteiger partial charge is 0.455 e. The van der Waals surface area contributed by atoms with Gasteiger partial charge < -0.3 is 4.74 Å². The number of hydrogen-bond acceptors (Lipinski definition) is 2. The van der Waals surface area contributed by atoms with Crippen molar-refractivity contribution in [3.8, 4) is 0 Å². The first-order valence-corrected chi connectivity index (χ1v) is 10.4. The van der Waals surface area contributed by atoms with E-state index < -0.39 is 0 Å². The van der Waals surface area contributed by atoms with Crippen LogP contribution < -0.4 is 0 Å². The molecule has 2 heteroatoms. The van der Waals surface area contributed by atoms with E-state index in [-0.39, 0.29) is 17.0 Å². The van der Waals surface area contributed by atoms with Crippen LogP contribution in [0, 0.1) is 11.3 Å². The smallest absolute Gasteiger partial charge is 0.338 e. The fourth-order valence-corrected chi connectivity index (χ4v) is 5.51. The number of unbranched alkanes of at least 4 members (excludes halogenated alkanes) is 1. The molecule has 0 unspecified atom stereocenters. The summed E-state index contributed by atoms with van der Waals surface area (Å²) in [6, 6.07) is 8.08. The maximum absolute atomic E-state index is 12.9. The molecule has 3 rings (SSSR count). The summed E-state index contributed by atoms with van der Waals surface area (Å²) in [5, 5.41) is 0. The van der Waals surface area contributed by atoms with Gasteiger partial charge in [-0.3, -0.25) is 0 Å². The lowest BCUT2D eigenvalue weighted by Crippen LogP contribution is -2.48. The number of esters is 1. The van der Waals surface area contributed by atoms with Crippen LogP contribution >= 0.6 is 0 Å². The highest BCUT2D eigenvalue weighted by Crippen LogP contribution is 2.62. The van der Waals surface area contributed by atoms with Gasteiger partial charge in [-0.05, 0) is 81.4 Å². The lowest BCUT2D eigenvalue weighted by molar-refractivity contribution is -0.102. The molecule has 25 heavy (non-hydrogen) atoms. The third-order valence-electron chi connectivity index (χ3n) is 7.15. The van der Waals surface area contributed by atoms with Crippen LogP contribution in [0.4, 0.5) is 0 Å². The number of hydrogen-bond donors (Lipinski definition) is 0. The fourth-order valence-electron chi connectivity index (χ4n) is 5.51. The van der Waals surface area contributed by atoms with Gasteiger partial charge in [-0.25, -0.2) is 4.79 Å². The molecule has 0 amide bonds. The van der Waals surface area contributed by atoms with Gasteiger partial charge in [0.2, 0.25) is 0 Å². The number of rotatable bonds is 8. The Kier molecular flexibility index (Phi) is 5.55. The summed E-state index contributed by atoms with van der Waals surface area (Å²) in [5.74, 6) is 0.740. The average Bonchev–Trinajstić information content (AvgIpc) is 3.27. The molecule has 1 aromatic carbocycles. The normalized spacial score (nSPS) is 25.3. The monoisotopic (exact) mass is 342 g/mol. The lowest BCUT2D eigenvalue weighted by atomic mass is 9.66. The van der Waals surface area contributed by atoms with Crippen molar-refractivity contribution in [2.24, 2.45) is 11.3 Å². The van der Waals surface area contributed by atoms with Gasteiger partial charge in [0.25, 0.3) is 0 Å². The van der Waals surface area contributed by atoms with Gasteiger partial charge in [0.15, 0.2) is 0 Å². The van der Waals surface area contributed by atoms with Crippen molar-refractivity contribution in [1.29, 1.82) is 0 Å². The Balaban J connectivity index is 1.75. The van der Waals surface area contributed by atoms with Gasteiger partial charge >= 0.3 is 5.97 Å². The predicted octanol–water partition coefficient (Wildman–Crippen LogP) is 6.33. The number of carbonyl (C=O) groups excluding carboxylic acids is 1. The van der Waals surface area contributed by atoms with Gasteiger partial charge in [-0.15, -0.1) is 0 Å². The molecular weight excluding hydrogens is 308 g/mol. The van der Waals surface area contributed by atoms with Gasteiger partial charge in [-0.2, -0.15) is 0 Å². The van der Waals surface area contributed by atoms with E-state index in [4.69, 9.17) is 4.74 Å². The first-order valence-electron chi connectivity index (χ1n) is 10.4. The number of ether oxygens (including phenoxy) is 1. The van der Waals surface area contributed by atoms with Crippen LogP contribution in [-0.2, 0) is 11.2 Å². The van der Waals surface area contributed by atoms with E-state index in [0.717, 1.165) is 25.2 Å². The third kappa shape index (κ3) is 3.37. The predicted molar refractivity (Wildman–Crippen MR) is 103 cm³/mol. The van der Waals surface area contributed by atoms with Gasteiger partial charge in [0.1, 0.15) is 5.60 Å². The van der Waals surface area contributed by atoms with Gasteiger partial charge in [0.05, 0.1) is 5.56 Å². The van der Waals surface area contributed by atoms with Crippen LogP contribution in [0.15, 0.2) is 24.3 Å². The van der Waals surface area contributed by atoms with Crippen LogP contribution in [0.1, 0.15) is 94.5 Å². The van der Waals surface area contributed by atoms with Gasteiger partial charge in [-0.1, -0.05) is 39.3 Å². The number of carbonyl (C=O) groups is 1. The maximum atomic E-state index is 12.9. The molecule has 138 valence electrons. The topological polar surface area (TPSA) is 26.3 Å². The first kappa shape index (κ1) is 18.5. The van der Waals surface area contributed by atoms with E-state index in [9.17, 15) is 4.79 Å². The van der Waals surface area contributed by atoms with Crippen LogP contribution in [-0.4, -0.2) is 11.6 Å². The molecule has 2 aliphatic rings. The van der Waals surface area contributed by atoms with Gasteiger partial charge in [0, 0.05) is 5.41 Å². The second-order valence-corrected chi connectivity index (χ2v) is 8.32. The summed E-state index contributed by atoms with van der Waals surface area (Å²) in [6.07, 6.45) is 11.7. The molecule has 0 heterocycles. The molecule has 1 aromatic rings. The zero-order chi connectivity index (χ0) is 17.9. The Morgan fingerprint density at radius 2 is 1.76 bits per heavy atom. The number of aryl methyl sites for hydroxylation is 1. The average molecular weight is 343 g/mol. The van der Waals surface area contributed by atoms with E-state index in [1.807, 2.05) is 12.1 Å². The highest BCUT2D eigenvalue weighted by Gasteiger charge is 2.58. The molecule has 0 N–H and O–H groups in total. The Bertz CT molecular complexity index is 575. The Morgan fingerprint density at radius 1 is 1.12 bits per heavy atom. The summed E-state index contributed by atoms with van der Waals surface area (Å²) in [4.78, 5) is 12.9. The molecule has 0 spiro atoms. The Hall–Kier alpha value is -1.31. The molecule has 0 saturated heterocycles. The minimum Gasteiger partial charge on any atom is -0.455 e. The SMILES string of the molecule is CCCCc1ccc(C(=O)OC(CC)(CC)C23CCC(CC2)C3)cc1. The number of fused-ring (bicyclic) bond motifs is 2. The molecule has 2 nitrogen and oxygen atoms in total. The lowest BCUT2D eigenvalue weighted by Gasteiger charge is -2.46. The van der Waals surface area contributed by atoms with E-state index in [2.05, 4.69) is 32.9 Å². The van der Waals surface area contributed by atoms with Crippen LogP contribution in [0.3, 0.4) is 0 Å². The summed E-state index contributed by atoms with van der Waals surface area (Å²) >= 11 is 0. The standard InChI is InChI=1S/C23H34O2/c1-4-7-8-18-9-11-20(12-10-18)21(24)25-23(5-2,6-3)22-15-13-19(17-22)14-16-22/h9-12,19H,4-8,13-17H2,1-3H3. The minimum absolute atomic E-state index is 0.129. The molecule has 2 fully saturated rings. The van der Waals surface area contributed by atoms with Crippen LogP contribution in [0.2, 0.25) is 0 Å². The molecule has 0 aromatic heterocycles. The van der Waals surface area contributed by atoms with Crippen molar-refractivity contribution in [3.63, 3.8) is 0 Å². The quantitative estimate of drug-likeness (QED) is 0.516. The summed E-state index contributed by atoms with van der Waals surface area (Å²) in [6.45, 7) is 6.60. The van der Waals surface area contributed by atoms with E-state index in [1.165, 1.54) is 50.5 Å². The molecular formula is C23H34O2. The highest BCUT2D eigenvalue weighted by molar-refractivity contribution is 5.89. The molecule has 2 aliphatic carbocycles. The van der Waals surface area contributed by atoms with Crippen molar-refractivity contribution in [1.82, 2.24) is 0 Å². The second kappa shape index (κ2) is 7.51. The van der Waals surface area contributed by atoms with Crippen molar-refractivity contribution >= 4 is 5.97 Å². The maximum Gasteiger partial charge on any atom is 0.338 e. The zero-order valence-electron chi connectivity index (χ0n) is 16.3. The van der Waals surface area contributed by atoms with Crippen molar-refractivity contribution in [2.45, 2.75) is 90.6 Å². The molecule has 0 radical (unpaired) electrons. The summed E-state index contributed by atoms with van der Waals surface area (Å²) < 4.78 is 6.31. The second-order valence-electron chi connectivity index (χ2n) is 8.32.